The normalized spacial score (nSPS) is 30.5. The van der Waals surface area contributed by atoms with Crippen molar-refractivity contribution in [3.63, 3.8) is 0 Å². The van der Waals surface area contributed by atoms with Crippen LogP contribution in [0.25, 0.3) is 0 Å². The van der Waals surface area contributed by atoms with Crippen molar-refractivity contribution in [2.45, 2.75) is 11.7 Å². The topological polar surface area (TPSA) is 24.4 Å². The molecule has 0 spiro atoms. The van der Waals surface area contributed by atoms with Gasteiger partial charge in [0.2, 0.25) is 0 Å². The Kier molecular flexibility index (Phi) is 1.77. The lowest BCUT2D eigenvalue weighted by Gasteiger charge is -2.27. The summed E-state index contributed by atoms with van der Waals surface area (Å²) in [4.78, 5) is 3.28. The molecule has 0 bridgehead atoms. The second-order valence-electron chi connectivity index (χ2n) is 2.33. The molecule has 1 rings (SSSR count). The highest BCUT2D eigenvalue weighted by Crippen LogP contribution is 2.32. The molecule has 0 aromatic rings. The van der Waals surface area contributed by atoms with Crippen LogP contribution in [0.3, 0.4) is 0 Å². The Morgan fingerprint density at radius 3 is 2.36 bits per heavy atom. The molecule has 0 aliphatic carbocycles. The van der Waals surface area contributed by atoms with Gasteiger partial charge >= 0.3 is 6.18 Å². The molecule has 0 radical (unpaired) electrons. The van der Waals surface area contributed by atoms with E-state index in [1.54, 1.807) is 0 Å². The third kappa shape index (κ3) is 1.17. The van der Waals surface area contributed by atoms with Crippen LogP contribution in [-0.4, -0.2) is 31.3 Å². The van der Waals surface area contributed by atoms with Gasteiger partial charge in [-0.15, -0.1) is 0 Å². The Balaban J connectivity index is 2.77. The number of hydrogen-bond donors (Lipinski definition) is 1. The van der Waals surface area contributed by atoms with Crippen LogP contribution in [0.5, 0.6) is 0 Å². The molecule has 1 heterocycles. The highest BCUT2D eigenvalue weighted by Gasteiger charge is 2.56. The van der Waals surface area contributed by atoms with Crippen LogP contribution >= 0.6 is 0 Å². The summed E-state index contributed by atoms with van der Waals surface area (Å²) in [5.74, 6) is 0. The van der Waals surface area contributed by atoms with Crippen molar-refractivity contribution in [1.82, 2.24) is 5.32 Å². The predicted molar refractivity (Wildman–Crippen MR) is 31.3 cm³/mol. The number of halogens is 4. The molecule has 1 unspecified atom stereocenters. The summed E-state index contributed by atoms with van der Waals surface area (Å²) in [5, 5.41) is 1.87. The van der Waals surface area contributed by atoms with Crippen LogP contribution in [0.2, 0.25) is 0 Å². The molecule has 1 atom stereocenters. The summed E-state index contributed by atoms with van der Waals surface area (Å²) < 4.78 is 48.1. The maximum absolute atomic E-state index is 12.0. The number of rotatable bonds is 1. The van der Waals surface area contributed by atoms with E-state index in [9.17, 15) is 17.6 Å². The van der Waals surface area contributed by atoms with E-state index in [1.165, 1.54) is 0 Å². The Morgan fingerprint density at radius 1 is 1.55 bits per heavy atom. The average Bonchev–Trinajstić information content (AvgIpc) is 2.33. The third-order valence-corrected chi connectivity index (χ3v) is 1.56. The zero-order valence-corrected chi connectivity index (χ0v) is 5.45. The Morgan fingerprint density at radius 2 is 2.18 bits per heavy atom. The van der Waals surface area contributed by atoms with E-state index in [1.807, 2.05) is 5.32 Å². The van der Waals surface area contributed by atoms with Crippen molar-refractivity contribution in [3.05, 3.63) is 0 Å². The number of nitrogens with zero attached hydrogens (tertiary/aromatic N) is 1. The molecule has 0 saturated carbocycles. The van der Waals surface area contributed by atoms with Gasteiger partial charge in [-0.3, -0.25) is 4.99 Å². The molecule has 6 heteroatoms. The molecule has 64 valence electrons. The summed E-state index contributed by atoms with van der Waals surface area (Å²) in [7, 11) is 0. The molecule has 0 amide bonds. The highest BCUT2D eigenvalue weighted by molar-refractivity contribution is 5.59. The van der Waals surface area contributed by atoms with Gasteiger partial charge in [-0.25, -0.2) is 4.39 Å². The molecular formula is C5H6F4N2. The zero-order chi connectivity index (χ0) is 8.54. The van der Waals surface area contributed by atoms with Crippen molar-refractivity contribution in [3.8, 4) is 0 Å². The molecule has 1 aliphatic heterocycles. The molecule has 0 fully saturated rings. The fourth-order valence-electron chi connectivity index (χ4n) is 0.744. The largest absolute Gasteiger partial charge is 0.415 e. The summed E-state index contributed by atoms with van der Waals surface area (Å²) in [5.41, 5.74) is -2.47. The van der Waals surface area contributed by atoms with Crippen LogP contribution < -0.4 is 5.32 Å². The number of nitrogens with one attached hydrogen (secondary N) is 1. The van der Waals surface area contributed by atoms with E-state index in [-0.39, 0.29) is 0 Å². The standard InChI is InChI=1S/C5H6F4N2/c6-1-4(5(7,8)9)2-10-3-11-4/h3H,1-2H2,(H,10,11). The maximum Gasteiger partial charge on any atom is 0.415 e. The minimum absolute atomic E-state index is 0.576. The van der Waals surface area contributed by atoms with Crippen LogP contribution in [-0.2, 0) is 0 Å². The van der Waals surface area contributed by atoms with Crippen LogP contribution in [0.4, 0.5) is 17.6 Å². The van der Waals surface area contributed by atoms with Crippen LogP contribution in [0.1, 0.15) is 0 Å². The molecule has 0 aromatic heterocycles. The van der Waals surface area contributed by atoms with Gasteiger partial charge in [-0.1, -0.05) is 0 Å². The van der Waals surface area contributed by atoms with Crippen molar-refractivity contribution in [2.24, 2.45) is 4.99 Å². The van der Waals surface area contributed by atoms with Crippen molar-refractivity contribution in [1.29, 1.82) is 0 Å². The quantitative estimate of drug-likeness (QED) is 0.580. The maximum atomic E-state index is 12.0. The second kappa shape index (κ2) is 2.35. The molecule has 11 heavy (non-hydrogen) atoms. The SMILES string of the molecule is FCC1(C(F)(F)F)CN=CN1. The summed E-state index contributed by atoms with van der Waals surface area (Å²) >= 11 is 0. The van der Waals surface area contributed by atoms with E-state index in [4.69, 9.17) is 0 Å². The van der Waals surface area contributed by atoms with Crippen molar-refractivity contribution >= 4 is 6.34 Å². The van der Waals surface area contributed by atoms with Gasteiger partial charge in [0.1, 0.15) is 6.67 Å². The van der Waals surface area contributed by atoms with Gasteiger partial charge in [0, 0.05) is 0 Å². The Bertz CT molecular complexity index is 166. The number of aliphatic imine (C=N–C) groups is 1. The lowest BCUT2D eigenvalue weighted by molar-refractivity contribution is -0.190. The van der Waals surface area contributed by atoms with Gasteiger partial charge < -0.3 is 5.32 Å². The number of alkyl halides is 4. The van der Waals surface area contributed by atoms with Gasteiger partial charge in [0.25, 0.3) is 0 Å². The summed E-state index contributed by atoms with van der Waals surface area (Å²) in [6.07, 6.45) is -3.70. The summed E-state index contributed by atoms with van der Waals surface area (Å²) in [6, 6.07) is 0. The molecular weight excluding hydrogens is 164 g/mol. The zero-order valence-electron chi connectivity index (χ0n) is 5.45. The van der Waals surface area contributed by atoms with E-state index < -0.39 is 24.9 Å². The van der Waals surface area contributed by atoms with Crippen molar-refractivity contribution in [2.75, 3.05) is 13.2 Å². The number of hydrogen-bond acceptors (Lipinski definition) is 2. The predicted octanol–water partition coefficient (Wildman–Crippen LogP) is 0.888. The van der Waals surface area contributed by atoms with E-state index in [2.05, 4.69) is 4.99 Å². The summed E-state index contributed by atoms with van der Waals surface area (Å²) in [6.45, 7) is -2.07. The van der Waals surface area contributed by atoms with E-state index in [0.717, 1.165) is 6.34 Å². The first-order chi connectivity index (χ1) is 5.02. The van der Waals surface area contributed by atoms with Crippen molar-refractivity contribution < 1.29 is 17.6 Å². The second-order valence-corrected chi connectivity index (χ2v) is 2.33. The molecule has 0 aromatic carbocycles. The minimum atomic E-state index is -4.59. The minimum Gasteiger partial charge on any atom is -0.359 e. The average molecular weight is 170 g/mol. The van der Waals surface area contributed by atoms with Gasteiger partial charge in [-0.2, -0.15) is 13.2 Å². The van der Waals surface area contributed by atoms with E-state index >= 15 is 0 Å². The first-order valence-corrected chi connectivity index (χ1v) is 2.90. The first-order valence-electron chi connectivity index (χ1n) is 2.90. The van der Waals surface area contributed by atoms with E-state index in [0.29, 0.717) is 0 Å². The smallest absolute Gasteiger partial charge is 0.359 e. The Labute approximate surface area is 60.3 Å². The molecule has 2 nitrogen and oxygen atoms in total. The first kappa shape index (κ1) is 8.29. The monoisotopic (exact) mass is 170 g/mol. The lowest BCUT2D eigenvalue weighted by atomic mass is 10.0. The Hall–Kier alpha value is -0.810. The van der Waals surface area contributed by atoms with Crippen LogP contribution in [0, 0.1) is 0 Å². The van der Waals surface area contributed by atoms with Gasteiger partial charge in [0.15, 0.2) is 5.54 Å². The van der Waals surface area contributed by atoms with Gasteiger partial charge in [0.05, 0.1) is 12.9 Å². The molecule has 0 saturated heterocycles. The fourth-order valence-corrected chi connectivity index (χ4v) is 0.744. The highest BCUT2D eigenvalue weighted by atomic mass is 19.4. The molecule has 1 aliphatic rings. The van der Waals surface area contributed by atoms with Gasteiger partial charge in [-0.05, 0) is 0 Å². The fraction of sp³-hybridized carbons (Fsp3) is 0.800. The third-order valence-electron chi connectivity index (χ3n) is 1.56. The molecule has 1 N–H and O–H groups in total. The lowest BCUT2D eigenvalue weighted by Crippen LogP contribution is -2.57. The van der Waals surface area contributed by atoms with Crippen LogP contribution in [0.15, 0.2) is 4.99 Å².